The van der Waals surface area contributed by atoms with E-state index in [1.165, 1.54) is 17.2 Å². The summed E-state index contributed by atoms with van der Waals surface area (Å²) < 4.78 is 0. The fourth-order valence-electron chi connectivity index (χ4n) is 2.88. The minimum absolute atomic E-state index is 0.134. The van der Waals surface area contributed by atoms with Crippen LogP contribution in [0.3, 0.4) is 0 Å². The van der Waals surface area contributed by atoms with Gasteiger partial charge in [0.25, 0.3) is 5.69 Å². The lowest BCUT2D eigenvalue weighted by Crippen LogP contribution is -2.34. The number of non-ortho nitro benzene ring substituents is 1. The second-order valence-electron chi connectivity index (χ2n) is 5.73. The van der Waals surface area contributed by atoms with Crippen LogP contribution in [0, 0.1) is 17.0 Å². The van der Waals surface area contributed by atoms with Gasteiger partial charge in [0.2, 0.25) is 0 Å². The number of rotatable bonds is 4. The number of anilines is 1. The Hall–Kier alpha value is -2.36. The molecule has 0 bridgehead atoms. The van der Waals surface area contributed by atoms with E-state index in [0.717, 1.165) is 18.5 Å². The number of benzene rings is 2. The predicted octanol–water partition coefficient (Wildman–Crippen LogP) is 4.26. The van der Waals surface area contributed by atoms with Crippen molar-refractivity contribution in [3.63, 3.8) is 0 Å². The van der Waals surface area contributed by atoms with Crippen molar-refractivity contribution in [2.45, 2.75) is 31.7 Å². The van der Waals surface area contributed by atoms with Gasteiger partial charge in [0, 0.05) is 23.9 Å². The first-order valence-corrected chi connectivity index (χ1v) is 7.19. The molecule has 108 valence electrons. The van der Waals surface area contributed by atoms with Gasteiger partial charge in [-0.3, -0.25) is 10.1 Å². The molecule has 0 aliphatic heterocycles. The third-order valence-electron chi connectivity index (χ3n) is 4.08. The van der Waals surface area contributed by atoms with Crippen molar-refractivity contribution < 1.29 is 4.92 Å². The van der Waals surface area contributed by atoms with Crippen molar-refractivity contribution in [1.82, 2.24) is 0 Å². The molecule has 4 nitrogen and oxygen atoms in total. The van der Waals surface area contributed by atoms with Crippen molar-refractivity contribution in [2.24, 2.45) is 0 Å². The van der Waals surface area contributed by atoms with Crippen LogP contribution in [-0.4, -0.2) is 11.0 Å². The van der Waals surface area contributed by atoms with Gasteiger partial charge < -0.3 is 5.32 Å². The number of hydrogen-bond donors (Lipinski definition) is 1. The first-order chi connectivity index (χ1) is 10.1. The Morgan fingerprint density at radius 2 is 1.90 bits per heavy atom. The lowest BCUT2D eigenvalue weighted by Gasteiger charge is -2.37. The van der Waals surface area contributed by atoms with Crippen LogP contribution < -0.4 is 5.32 Å². The van der Waals surface area contributed by atoms with Gasteiger partial charge in [0.1, 0.15) is 0 Å². The number of aryl methyl sites for hydroxylation is 1. The Kier molecular flexibility index (Phi) is 3.60. The molecule has 1 saturated carbocycles. The van der Waals surface area contributed by atoms with Gasteiger partial charge >= 0.3 is 0 Å². The Bertz CT molecular complexity index is 663. The number of hydrogen-bond acceptors (Lipinski definition) is 3. The topological polar surface area (TPSA) is 55.2 Å². The van der Waals surface area contributed by atoms with Crippen LogP contribution >= 0.6 is 0 Å². The summed E-state index contributed by atoms with van der Waals surface area (Å²) in [6.45, 7) is 2.11. The van der Waals surface area contributed by atoms with E-state index < -0.39 is 0 Å². The van der Waals surface area contributed by atoms with Gasteiger partial charge in [-0.1, -0.05) is 35.9 Å². The summed E-state index contributed by atoms with van der Waals surface area (Å²) >= 11 is 0. The number of nitro groups is 1. The summed E-state index contributed by atoms with van der Waals surface area (Å²) in [5.74, 6) is 0.598. The maximum Gasteiger partial charge on any atom is 0.271 e. The fourth-order valence-corrected chi connectivity index (χ4v) is 2.88. The molecular weight excluding hydrogens is 264 g/mol. The Labute approximate surface area is 124 Å². The maximum absolute atomic E-state index is 10.8. The molecule has 1 fully saturated rings. The molecule has 4 heteroatoms. The molecule has 3 rings (SSSR count). The monoisotopic (exact) mass is 282 g/mol. The third-order valence-corrected chi connectivity index (χ3v) is 4.08. The highest BCUT2D eigenvalue weighted by atomic mass is 16.6. The summed E-state index contributed by atoms with van der Waals surface area (Å²) in [5, 5.41) is 14.2. The highest BCUT2D eigenvalue weighted by Gasteiger charge is 2.30. The average molecular weight is 282 g/mol. The molecule has 0 unspecified atom stereocenters. The average Bonchev–Trinajstić information content (AvgIpc) is 2.42. The zero-order valence-corrected chi connectivity index (χ0v) is 12.0. The highest BCUT2D eigenvalue weighted by molar-refractivity contribution is 5.52. The van der Waals surface area contributed by atoms with E-state index in [1.807, 2.05) is 6.07 Å². The largest absolute Gasteiger partial charge is 0.382 e. The van der Waals surface area contributed by atoms with Gasteiger partial charge in [-0.15, -0.1) is 0 Å². The van der Waals surface area contributed by atoms with Gasteiger partial charge in [-0.05, 0) is 37.3 Å². The van der Waals surface area contributed by atoms with Crippen molar-refractivity contribution in [2.75, 3.05) is 5.32 Å². The van der Waals surface area contributed by atoms with E-state index in [0.29, 0.717) is 12.0 Å². The summed E-state index contributed by atoms with van der Waals surface area (Å²) in [6.07, 6.45) is 2.15. The molecule has 1 aliphatic carbocycles. The molecule has 0 radical (unpaired) electrons. The van der Waals surface area contributed by atoms with Crippen LogP contribution in [0.1, 0.15) is 29.9 Å². The van der Waals surface area contributed by atoms with Crippen LogP contribution in [0.2, 0.25) is 0 Å². The normalized spacial score (nSPS) is 20.6. The smallest absolute Gasteiger partial charge is 0.271 e. The minimum Gasteiger partial charge on any atom is -0.382 e. The highest BCUT2D eigenvalue weighted by Crippen LogP contribution is 2.38. The summed E-state index contributed by atoms with van der Waals surface area (Å²) in [5.41, 5.74) is 3.65. The lowest BCUT2D eigenvalue weighted by atomic mass is 9.75. The van der Waals surface area contributed by atoms with Gasteiger partial charge in [-0.25, -0.2) is 0 Å². The van der Waals surface area contributed by atoms with Crippen LogP contribution in [0.5, 0.6) is 0 Å². The van der Waals surface area contributed by atoms with Crippen molar-refractivity contribution in [1.29, 1.82) is 0 Å². The molecule has 0 heterocycles. The van der Waals surface area contributed by atoms with Gasteiger partial charge in [-0.2, -0.15) is 0 Å². The zero-order valence-electron chi connectivity index (χ0n) is 12.0. The quantitative estimate of drug-likeness (QED) is 0.673. The Morgan fingerprint density at radius 1 is 1.14 bits per heavy atom. The van der Waals surface area contributed by atoms with Crippen molar-refractivity contribution in [3.05, 3.63) is 69.8 Å². The van der Waals surface area contributed by atoms with E-state index in [9.17, 15) is 10.1 Å². The van der Waals surface area contributed by atoms with E-state index in [4.69, 9.17) is 0 Å². The van der Waals surface area contributed by atoms with Crippen molar-refractivity contribution >= 4 is 11.4 Å². The van der Waals surface area contributed by atoms with Gasteiger partial charge in [0.15, 0.2) is 0 Å². The maximum atomic E-state index is 10.8. The number of nitro benzene ring substituents is 1. The number of nitrogens with one attached hydrogen (secondary N) is 1. The second kappa shape index (κ2) is 5.56. The molecule has 1 N–H and O–H groups in total. The molecule has 0 amide bonds. The third kappa shape index (κ3) is 3.05. The lowest BCUT2D eigenvalue weighted by molar-refractivity contribution is -0.384. The standard InChI is InChI=1S/C17H18N2O2/c1-12-4-2-5-13(8-12)14-9-16(10-14)18-15-6-3-7-17(11-15)19(20)21/h2-8,11,14,16,18H,9-10H2,1H3. The van der Waals surface area contributed by atoms with Crippen LogP contribution in [0.25, 0.3) is 0 Å². The summed E-state index contributed by atoms with van der Waals surface area (Å²) in [7, 11) is 0. The fraction of sp³-hybridized carbons (Fsp3) is 0.294. The van der Waals surface area contributed by atoms with E-state index in [-0.39, 0.29) is 10.6 Å². The molecule has 0 spiro atoms. The van der Waals surface area contributed by atoms with Crippen molar-refractivity contribution in [3.8, 4) is 0 Å². The summed E-state index contributed by atoms with van der Waals surface area (Å²) in [4.78, 5) is 10.4. The molecular formula is C17H18N2O2. The Morgan fingerprint density at radius 3 is 2.62 bits per heavy atom. The summed E-state index contributed by atoms with van der Waals surface area (Å²) in [6, 6.07) is 15.8. The van der Waals surface area contributed by atoms with E-state index in [2.05, 4.69) is 36.5 Å². The van der Waals surface area contributed by atoms with Crippen LogP contribution in [0.15, 0.2) is 48.5 Å². The minimum atomic E-state index is -0.360. The molecule has 21 heavy (non-hydrogen) atoms. The SMILES string of the molecule is Cc1cccc(C2CC(Nc3cccc([N+](=O)[O-])c3)C2)c1. The first-order valence-electron chi connectivity index (χ1n) is 7.19. The van der Waals surface area contributed by atoms with Crippen LogP contribution in [-0.2, 0) is 0 Å². The van der Waals surface area contributed by atoms with Crippen LogP contribution in [0.4, 0.5) is 11.4 Å². The molecule has 2 aromatic rings. The molecule has 0 aromatic heterocycles. The molecule has 2 aromatic carbocycles. The van der Waals surface area contributed by atoms with E-state index in [1.54, 1.807) is 12.1 Å². The van der Waals surface area contributed by atoms with Gasteiger partial charge in [0.05, 0.1) is 4.92 Å². The molecule has 0 saturated heterocycles. The number of nitrogens with zero attached hydrogens (tertiary/aromatic N) is 1. The zero-order chi connectivity index (χ0) is 14.8. The molecule has 1 aliphatic rings. The second-order valence-corrected chi connectivity index (χ2v) is 5.73. The first kappa shape index (κ1) is 13.6. The predicted molar refractivity (Wildman–Crippen MR) is 83.7 cm³/mol. The van der Waals surface area contributed by atoms with E-state index >= 15 is 0 Å². The Balaban J connectivity index is 1.60. The molecule has 0 atom stereocenters.